The molecule has 0 spiro atoms. The molecule has 0 aromatic heterocycles. The van der Waals surface area contributed by atoms with Gasteiger partial charge in [0.1, 0.15) is 0 Å². The van der Waals surface area contributed by atoms with E-state index >= 15 is 0 Å². The topological polar surface area (TPSA) is 61.4 Å². The van der Waals surface area contributed by atoms with E-state index in [1.165, 1.54) is 11.1 Å². The Hall–Kier alpha value is -2.74. The van der Waals surface area contributed by atoms with E-state index in [1.807, 2.05) is 12.1 Å². The molecule has 1 aliphatic rings. The van der Waals surface area contributed by atoms with Gasteiger partial charge in [0, 0.05) is 31.2 Å². The Bertz CT molecular complexity index is 1120. The number of hydrogen-bond acceptors (Lipinski definition) is 3. The van der Waals surface area contributed by atoms with Crippen molar-refractivity contribution in [2.75, 3.05) is 25.0 Å². The lowest BCUT2D eigenvalue weighted by Gasteiger charge is -2.25. The molecule has 0 amide bonds. The fourth-order valence-corrected chi connectivity index (χ4v) is 6.10. The maximum absolute atomic E-state index is 12.8. The molecule has 1 heterocycles. The summed E-state index contributed by atoms with van der Waals surface area (Å²) in [6, 6.07) is 27.8. The second-order valence-electron chi connectivity index (χ2n) is 8.53. The summed E-state index contributed by atoms with van der Waals surface area (Å²) < 4.78 is 27.2. The van der Waals surface area contributed by atoms with Crippen LogP contribution in [0.25, 0.3) is 0 Å². The van der Waals surface area contributed by atoms with E-state index in [-0.39, 0.29) is 5.92 Å². The van der Waals surface area contributed by atoms with Crippen LogP contribution in [0.5, 0.6) is 0 Å². The highest BCUT2D eigenvalue weighted by atomic mass is 32.2. The van der Waals surface area contributed by atoms with Crippen LogP contribution in [0.2, 0.25) is 0 Å². The van der Waals surface area contributed by atoms with Crippen LogP contribution in [0.4, 0.5) is 5.69 Å². The zero-order valence-corrected chi connectivity index (χ0v) is 20.8. The van der Waals surface area contributed by atoms with Gasteiger partial charge < -0.3 is 10.6 Å². The summed E-state index contributed by atoms with van der Waals surface area (Å²) in [5.41, 5.74) is 3.32. The van der Waals surface area contributed by atoms with Gasteiger partial charge in [-0.25, -0.2) is 8.42 Å². The summed E-state index contributed by atoms with van der Waals surface area (Å²) in [4.78, 5) is 0.326. The molecule has 0 unspecified atom stereocenters. The second kappa shape index (κ2) is 11.6. The molecule has 0 bridgehead atoms. The van der Waals surface area contributed by atoms with Gasteiger partial charge in [0.15, 0.2) is 5.11 Å². The predicted molar refractivity (Wildman–Crippen MR) is 143 cm³/mol. The zero-order valence-electron chi connectivity index (χ0n) is 19.2. The lowest BCUT2D eigenvalue weighted by molar-refractivity contribution is 0.346. The van der Waals surface area contributed by atoms with Crippen LogP contribution in [0.15, 0.2) is 89.8 Å². The SMILES string of the molecule is O=S(=O)(c1ccc(NC(=S)NCCC(c2ccccc2)c2ccccc2)cc1)N1CCCCC1. The highest BCUT2D eigenvalue weighted by molar-refractivity contribution is 7.89. The van der Waals surface area contributed by atoms with Gasteiger partial charge in [0.05, 0.1) is 4.90 Å². The summed E-state index contributed by atoms with van der Waals surface area (Å²) in [7, 11) is -3.43. The summed E-state index contributed by atoms with van der Waals surface area (Å²) in [5.74, 6) is 0.275. The minimum absolute atomic E-state index is 0.275. The maximum atomic E-state index is 12.8. The Kier molecular flexibility index (Phi) is 8.32. The number of thiocarbonyl (C=S) groups is 1. The molecular formula is C27H31N3O2S2. The van der Waals surface area contributed by atoms with E-state index in [0.717, 1.165) is 31.4 Å². The zero-order chi connectivity index (χ0) is 23.8. The quantitative estimate of drug-likeness (QED) is 0.413. The van der Waals surface area contributed by atoms with Crippen molar-refractivity contribution in [1.29, 1.82) is 0 Å². The lowest BCUT2D eigenvalue weighted by Crippen LogP contribution is -2.35. The smallest absolute Gasteiger partial charge is 0.243 e. The second-order valence-corrected chi connectivity index (χ2v) is 10.9. The number of hydrogen-bond donors (Lipinski definition) is 2. The maximum Gasteiger partial charge on any atom is 0.243 e. The molecule has 1 aliphatic heterocycles. The van der Waals surface area contributed by atoms with Gasteiger partial charge in [0.25, 0.3) is 0 Å². The molecule has 34 heavy (non-hydrogen) atoms. The van der Waals surface area contributed by atoms with Crippen LogP contribution in [0, 0.1) is 0 Å². The molecule has 178 valence electrons. The van der Waals surface area contributed by atoms with Crippen molar-refractivity contribution in [3.8, 4) is 0 Å². The van der Waals surface area contributed by atoms with Gasteiger partial charge in [-0.05, 0) is 66.9 Å². The molecule has 3 aromatic carbocycles. The fourth-order valence-electron chi connectivity index (χ4n) is 4.37. The van der Waals surface area contributed by atoms with Gasteiger partial charge in [-0.1, -0.05) is 67.1 Å². The first-order valence-corrected chi connectivity index (χ1v) is 13.6. The third kappa shape index (κ3) is 6.23. The normalized spacial score (nSPS) is 14.6. The van der Waals surface area contributed by atoms with Crippen LogP contribution in [0.3, 0.4) is 0 Å². The van der Waals surface area contributed by atoms with E-state index < -0.39 is 10.0 Å². The van der Waals surface area contributed by atoms with Crippen molar-refractivity contribution in [2.45, 2.75) is 36.5 Å². The number of nitrogens with zero attached hydrogens (tertiary/aromatic N) is 1. The van der Waals surface area contributed by atoms with E-state index in [4.69, 9.17) is 12.2 Å². The number of sulfonamides is 1. The third-order valence-corrected chi connectivity index (χ3v) is 8.35. The van der Waals surface area contributed by atoms with E-state index in [9.17, 15) is 8.42 Å². The van der Waals surface area contributed by atoms with Gasteiger partial charge >= 0.3 is 0 Å². The largest absolute Gasteiger partial charge is 0.362 e. The van der Waals surface area contributed by atoms with Crippen molar-refractivity contribution in [3.63, 3.8) is 0 Å². The van der Waals surface area contributed by atoms with Crippen molar-refractivity contribution >= 4 is 33.0 Å². The van der Waals surface area contributed by atoms with E-state index in [2.05, 4.69) is 59.2 Å². The first-order valence-electron chi connectivity index (χ1n) is 11.8. The molecule has 0 saturated carbocycles. The summed E-state index contributed by atoms with van der Waals surface area (Å²) >= 11 is 5.48. The van der Waals surface area contributed by atoms with Gasteiger partial charge in [-0.15, -0.1) is 0 Å². The number of benzene rings is 3. The van der Waals surface area contributed by atoms with Gasteiger partial charge in [-0.2, -0.15) is 4.31 Å². The number of anilines is 1. The van der Waals surface area contributed by atoms with Crippen molar-refractivity contribution in [2.24, 2.45) is 0 Å². The van der Waals surface area contributed by atoms with Crippen molar-refractivity contribution < 1.29 is 8.42 Å². The first-order chi connectivity index (χ1) is 16.5. The molecule has 0 radical (unpaired) electrons. The molecule has 2 N–H and O–H groups in total. The lowest BCUT2D eigenvalue weighted by atomic mass is 9.88. The Morgan fingerprint density at radius 1 is 0.824 bits per heavy atom. The van der Waals surface area contributed by atoms with E-state index in [0.29, 0.717) is 29.6 Å². The highest BCUT2D eigenvalue weighted by Gasteiger charge is 2.25. The van der Waals surface area contributed by atoms with Crippen LogP contribution < -0.4 is 10.6 Å². The Balaban J connectivity index is 1.33. The summed E-state index contributed by atoms with van der Waals surface area (Å²) in [5, 5.41) is 6.98. The van der Waals surface area contributed by atoms with Crippen LogP contribution >= 0.6 is 12.2 Å². The Labute approximate surface area is 208 Å². The number of nitrogens with one attached hydrogen (secondary N) is 2. The Morgan fingerprint density at radius 3 is 1.94 bits per heavy atom. The average molecular weight is 494 g/mol. The standard InChI is InChI=1S/C27H31N3O2S2/c31-34(32,30-20-8-3-9-21-30)25-16-14-24(15-17-25)29-27(33)28-19-18-26(22-10-4-1-5-11-22)23-12-6-2-7-13-23/h1-2,4-7,10-17,26H,3,8-9,18-21H2,(H2,28,29,33). The summed E-state index contributed by atoms with van der Waals surface area (Å²) in [6.07, 6.45) is 3.84. The third-order valence-electron chi connectivity index (χ3n) is 6.19. The van der Waals surface area contributed by atoms with Crippen LogP contribution in [-0.2, 0) is 10.0 Å². The molecule has 0 atom stereocenters. The fraction of sp³-hybridized carbons (Fsp3) is 0.296. The number of piperidine rings is 1. The molecule has 5 nitrogen and oxygen atoms in total. The molecule has 3 aromatic rings. The molecule has 7 heteroatoms. The number of rotatable bonds is 8. The Morgan fingerprint density at radius 2 is 1.38 bits per heavy atom. The van der Waals surface area contributed by atoms with Crippen LogP contribution in [-0.4, -0.2) is 37.5 Å². The molecular weight excluding hydrogens is 462 g/mol. The molecule has 1 fully saturated rings. The summed E-state index contributed by atoms with van der Waals surface area (Å²) in [6.45, 7) is 1.91. The minimum atomic E-state index is -3.43. The predicted octanol–water partition coefficient (Wildman–Crippen LogP) is 5.37. The molecule has 0 aliphatic carbocycles. The van der Waals surface area contributed by atoms with E-state index in [1.54, 1.807) is 28.6 Å². The average Bonchev–Trinajstić information content (AvgIpc) is 2.88. The molecule has 4 rings (SSSR count). The van der Waals surface area contributed by atoms with Crippen molar-refractivity contribution in [3.05, 3.63) is 96.1 Å². The van der Waals surface area contributed by atoms with Crippen molar-refractivity contribution in [1.82, 2.24) is 9.62 Å². The first kappa shape index (κ1) is 24.4. The highest BCUT2D eigenvalue weighted by Crippen LogP contribution is 2.27. The van der Waals surface area contributed by atoms with Crippen LogP contribution in [0.1, 0.15) is 42.7 Å². The molecule has 1 saturated heterocycles. The van der Waals surface area contributed by atoms with Gasteiger partial charge in [-0.3, -0.25) is 0 Å². The monoisotopic (exact) mass is 493 g/mol. The van der Waals surface area contributed by atoms with Gasteiger partial charge in [0.2, 0.25) is 10.0 Å². The minimum Gasteiger partial charge on any atom is -0.362 e.